The first kappa shape index (κ1) is 14.4. The Morgan fingerprint density at radius 2 is 1.71 bits per heavy atom. The summed E-state index contributed by atoms with van der Waals surface area (Å²) in [5, 5.41) is 0.240. The van der Waals surface area contributed by atoms with Crippen molar-refractivity contribution in [1.82, 2.24) is 0 Å². The maximum atomic E-state index is 6.20. The first-order valence-electron chi connectivity index (χ1n) is 5.61. The van der Waals surface area contributed by atoms with Crippen LogP contribution in [0, 0.1) is 0 Å². The van der Waals surface area contributed by atoms with Gasteiger partial charge in [-0.15, -0.1) is 11.6 Å². The molecule has 14 heavy (non-hydrogen) atoms. The molecule has 0 saturated heterocycles. The Morgan fingerprint density at radius 3 is 2.14 bits per heavy atom. The van der Waals surface area contributed by atoms with Gasteiger partial charge in [0.2, 0.25) is 0 Å². The molecule has 0 aliphatic carbocycles. The van der Waals surface area contributed by atoms with Gasteiger partial charge < -0.3 is 8.85 Å². The van der Waals surface area contributed by atoms with Crippen molar-refractivity contribution in [1.29, 1.82) is 0 Å². The summed E-state index contributed by atoms with van der Waals surface area (Å²) in [5.41, 5.74) is 0. The molecule has 0 rings (SSSR count). The van der Waals surface area contributed by atoms with Gasteiger partial charge in [0, 0.05) is 24.6 Å². The average Bonchev–Trinajstić information content (AvgIpc) is 2.15. The van der Waals surface area contributed by atoms with Gasteiger partial charge in [-0.3, -0.25) is 0 Å². The van der Waals surface area contributed by atoms with Gasteiger partial charge in [-0.05, 0) is 20.3 Å². The Kier molecular flexibility index (Phi) is 10.3. The number of halogens is 1. The number of alkyl halides is 1. The van der Waals surface area contributed by atoms with Crippen LogP contribution in [-0.4, -0.2) is 27.9 Å². The SMILES string of the molecule is CCCCC(Cl)C[SiH](OCC)OCC. The highest BCUT2D eigenvalue weighted by Gasteiger charge is 2.17. The van der Waals surface area contributed by atoms with Crippen LogP contribution < -0.4 is 0 Å². The molecule has 0 spiro atoms. The molecule has 0 saturated carbocycles. The highest BCUT2D eigenvalue weighted by Crippen LogP contribution is 2.15. The van der Waals surface area contributed by atoms with E-state index in [0.29, 0.717) is 0 Å². The molecule has 4 heteroatoms. The quantitative estimate of drug-likeness (QED) is 0.454. The zero-order chi connectivity index (χ0) is 10.8. The van der Waals surface area contributed by atoms with Crippen molar-refractivity contribution in [3.63, 3.8) is 0 Å². The summed E-state index contributed by atoms with van der Waals surface area (Å²) < 4.78 is 11.1. The topological polar surface area (TPSA) is 18.5 Å². The molecule has 0 bridgehead atoms. The Bertz CT molecular complexity index is 119. The summed E-state index contributed by atoms with van der Waals surface area (Å²) in [5.74, 6) is 0. The van der Waals surface area contributed by atoms with Crippen molar-refractivity contribution in [2.75, 3.05) is 13.2 Å². The van der Waals surface area contributed by atoms with Gasteiger partial charge >= 0.3 is 9.28 Å². The summed E-state index contributed by atoms with van der Waals surface area (Å²) in [6.45, 7) is 7.69. The van der Waals surface area contributed by atoms with Gasteiger partial charge in [0.25, 0.3) is 0 Å². The van der Waals surface area contributed by atoms with Crippen molar-refractivity contribution in [3.8, 4) is 0 Å². The molecular formula is C10H23ClO2Si. The lowest BCUT2D eigenvalue weighted by molar-refractivity contribution is 0.213. The van der Waals surface area contributed by atoms with E-state index in [2.05, 4.69) is 6.92 Å². The fourth-order valence-corrected chi connectivity index (χ4v) is 3.66. The highest BCUT2D eigenvalue weighted by molar-refractivity contribution is 6.46. The summed E-state index contributed by atoms with van der Waals surface area (Å²) in [6.07, 6.45) is 3.49. The lowest BCUT2D eigenvalue weighted by atomic mass is 10.2. The van der Waals surface area contributed by atoms with E-state index in [4.69, 9.17) is 20.5 Å². The second-order valence-electron chi connectivity index (χ2n) is 3.32. The van der Waals surface area contributed by atoms with Gasteiger partial charge in [0.05, 0.1) is 0 Å². The van der Waals surface area contributed by atoms with Crippen molar-refractivity contribution >= 4 is 20.9 Å². The van der Waals surface area contributed by atoms with Crippen LogP contribution in [0.15, 0.2) is 0 Å². The van der Waals surface area contributed by atoms with Crippen molar-refractivity contribution in [3.05, 3.63) is 0 Å². The van der Waals surface area contributed by atoms with Gasteiger partial charge in [0.15, 0.2) is 0 Å². The third-order valence-electron chi connectivity index (χ3n) is 2.02. The molecule has 2 nitrogen and oxygen atoms in total. The minimum atomic E-state index is -1.47. The summed E-state index contributed by atoms with van der Waals surface area (Å²) >= 11 is 6.20. The van der Waals surface area contributed by atoms with Gasteiger partial charge in [-0.25, -0.2) is 0 Å². The maximum absolute atomic E-state index is 6.20. The summed E-state index contributed by atoms with van der Waals surface area (Å²) in [6, 6.07) is 0.934. The maximum Gasteiger partial charge on any atom is 0.322 e. The second-order valence-corrected chi connectivity index (χ2v) is 5.93. The molecule has 0 aromatic carbocycles. The van der Waals surface area contributed by atoms with Crippen LogP contribution in [0.1, 0.15) is 40.0 Å². The van der Waals surface area contributed by atoms with Crippen LogP contribution in [0.2, 0.25) is 6.04 Å². The van der Waals surface area contributed by atoms with Crippen LogP contribution in [0.5, 0.6) is 0 Å². The zero-order valence-corrected chi connectivity index (χ0v) is 11.5. The summed E-state index contributed by atoms with van der Waals surface area (Å²) in [4.78, 5) is 0. The van der Waals surface area contributed by atoms with E-state index < -0.39 is 9.28 Å². The molecule has 0 aliphatic rings. The van der Waals surface area contributed by atoms with Gasteiger partial charge in [0.1, 0.15) is 0 Å². The van der Waals surface area contributed by atoms with E-state index in [-0.39, 0.29) is 5.38 Å². The van der Waals surface area contributed by atoms with Crippen LogP contribution >= 0.6 is 11.6 Å². The van der Waals surface area contributed by atoms with E-state index in [1.807, 2.05) is 13.8 Å². The predicted molar refractivity (Wildman–Crippen MR) is 64.4 cm³/mol. The first-order chi connectivity index (χ1) is 6.74. The molecule has 1 unspecified atom stereocenters. The first-order valence-corrected chi connectivity index (χ1v) is 7.81. The van der Waals surface area contributed by atoms with E-state index in [1.54, 1.807) is 0 Å². The molecule has 0 amide bonds. The zero-order valence-electron chi connectivity index (χ0n) is 9.59. The molecule has 0 radical (unpaired) electrons. The van der Waals surface area contributed by atoms with E-state index >= 15 is 0 Å². The molecule has 0 aliphatic heterocycles. The van der Waals surface area contributed by atoms with Gasteiger partial charge in [-0.1, -0.05) is 19.8 Å². The van der Waals surface area contributed by atoms with E-state index in [1.165, 1.54) is 12.8 Å². The van der Waals surface area contributed by atoms with Crippen LogP contribution in [-0.2, 0) is 8.85 Å². The molecule has 0 aromatic rings. The predicted octanol–water partition coefficient (Wildman–Crippen LogP) is 3.08. The molecule has 0 N–H and O–H groups in total. The molecule has 1 atom stereocenters. The Hall–Kier alpha value is 0.427. The van der Waals surface area contributed by atoms with Crippen LogP contribution in [0.4, 0.5) is 0 Å². The smallest absolute Gasteiger partial charge is 0.322 e. The average molecular weight is 239 g/mol. The minimum Gasteiger partial charge on any atom is -0.397 e. The standard InChI is InChI=1S/C10H23ClO2Si/c1-4-7-8-10(11)9-14(12-5-2)13-6-3/h10,14H,4-9H2,1-3H3. The number of rotatable bonds is 9. The summed E-state index contributed by atoms with van der Waals surface area (Å²) in [7, 11) is -1.47. The molecular weight excluding hydrogens is 216 g/mol. The van der Waals surface area contributed by atoms with Crippen LogP contribution in [0.3, 0.4) is 0 Å². The molecule has 0 aromatic heterocycles. The lowest BCUT2D eigenvalue weighted by Gasteiger charge is -2.17. The molecule has 0 heterocycles. The Labute approximate surface area is 94.8 Å². The highest BCUT2D eigenvalue weighted by atomic mass is 35.5. The van der Waals surface area contributed by atoms with Crippen molar-refractivity contribution in [2.24, 2.45) is 0 Å². The van der Waals surface area contributed by atoms with Crippen molar-refractivity contribution in [2.45, 2.75) is 51.5 Å². The lowest BCUT2D eigenvalue weighted by Crippen LogP contribution is -2.26. The minimum absolute atomic E-state index is 0.240. The molecule has 86 valence electrons. The van der Waals surface area contributed by atoms with E-state index in [0.717, 1.165) is 25.7 Å². The number of hydrogen-bond acceptors (Lipinski definition) is 2. The number of unbranched alkanes of at least 4 members (excludes halogenated alkanes) is 1. The van der Waals surface area contributed by atoms with Crippen molar-refractivity contribution < 1.29 is 8.85 Å². The Morgan fingerprint density at radius 1 is 1.14 bits per heavy atom. The second kappa shape index (κ2) is 9.96. The fourth-order valence-electron chi connectivity index (χ4n) is 1.31. The molecule has 0 fully saturated rings. The third kappa shape index (κ3) is 7.80. The Balaban J connectivity index is 3.64. The number of hydrogen-bond donors (Lipinski definition) is 0. The third-order valence-corrected chi connectivity index (χ3v) is 5.08. The largest absolute Gasteiger partial charge is 0.397 e. The van der Waals surface area contributed by atoms with Crippen LogP contribution in [0.25, 0.3) is 0 Å². The van der Waals surface area contributed by atoms with Gasteiger partial charge in [-0.2, -0.15) is 0 Å². The van der Waals surface area contributed by atoms with E-state index in [9.17, 15) is 0 Å². The normalized spacial score (nSPS) is 13.5. The fraction of sp³-hybridized carbons (Fsp3) is 1.00. The monoisotopic (exact) mass is 238 g/mol.